The molecule has 0 fully saturated rings. The van der Waals surface area contributed by atoms with Crippen LogP contribution in [0.4, 0.5) is 0 Å². The van der Waals surface area contributed by atoms with Crippen molar-refractivity contribution in [1.29, 1.82) is 0 Å². The van der Waals surface area contributed by atoms with Crippen LogP contribution in [0.25, 0.3) is 0 Å². The highest BCUT2D eigenvalue weighted by Gasteiger charge is 2.33. The second-order valence-electron chi connectivity index (χ2n) is 5.72. The van der Waals surface area contributed by atoms with Crippen LogP contribution in [0.5, 0.6) is 5.75 Å². The Hall–Kier alpha value is -1.80. The lowest BCUT2D eigenvalue weighted by Gasteiger charge is -2.35. The van der Waals surface area contributed by atoms with Gasteiger partial charge in [-0.25, -0.2) is 0 Å². The topological polar surface area (TPSA) is 18.5 Å². The summed E-state index contributed by atoms with van der Waals surface area (Å²) >= 11 is 0. The molecule has 0 aromatic heterocycles. The number of hydrogen-bond donors (Lipinski definition) is 0. The summed E-state index contributed by atoms with van der Waals surface area (Å²) in [5.41, 5.74) is 0.673. The number of methoxy groups -OCH3 is 1. The number of rotatable bonds is 7. The maximum atomic E-state index is 6.28. The molecule has 0 radical (unpaired) electrons. The van der Waals surface area contributed by atoms with Crippen molar-refractivity contribution >= 4 is 0 Å². The van der Waals surface area contributed by atoms with Crippen LogP contribution in [0, 0.1) is 5.92 Å². The summed E-state index contributed by atoms with van der Waals surface area (Å²) in [5.74, 6) is 1.29. The van der Waals surface area contributed by atoms with Crippen molar-refractivity contribution in [2.24, 2.45) is 5.92 Å². The van der Waals surface area contributed by atoms with E-state index in [-0.39, 0.29) is 0 Å². The number of allylic oxidation sites excluding steroid dienone is 2. The summed E-state index contributed by atoms with van der Waals surface area (Å²) in [6.45, 7) is 8.57. The summed E-state index contributed by atoms with van der Waals surface area (Å²) in [7, 11) is 1.67. The first kappa shape index (κ1) is 16.6. The molecule has 2 nitrogen and oxygen atoms in total. The molecule has 1 aromatic carbocycles. The molecule has 1 aromatic rings. The van der Waals surface area contributed by atoms with E-state index in [0.717, 1.165) is 37.0 Å². The largest absolute Gasteiger partial charge is 0.497 e. The van der Waals surface area contributed by atoms with Crippen LogP contribution in [0.15, 0.2) is 61.7 Å². The Morgan fingerprint density at radius 2 is 1.68 bits per heavy atom. The van der Waals surface area contributed by atoms with Crippen LogP contribution in [-0.4, -0.2) is 12.7 Å². The second-order valence-corrected chi connectivity index (χ2v) is 5.72. The minimum absolute atomic E-state index is 0.427. The first-order valence-corrected chi connectivity index (χ1v) is 7.93. The molecule has 0 spiro atoms. The number of ether oxygens (including phenoxy) is 2. The van der Waals surface area contributed by atoms with E-state index in [1.165, 1.54) is 0 Å². The van der Waals surface area contributed by atoms with Gasteiger partial charge in [0.25, 0.3) is 0 Å². The van der Waals surface area contributed by atoms with Gasteiger partial charge < -0.3 is 9.47 Å². The van der Waals surface area contributed by atoms with E-state index in [4.69, 9.17) is 9.47 Å². The molecule has 1 aliphatic rings. The molecule has 2 rings (SSSR count). The third-order valence-electron chi connectivity index (χ3n) is 4.45. The molecule has 22 heavy (non-hydrogen) atoms. The highest BCUT2D eigenvalue weighted by Crippen LogP contribution is 2.35. The summed E-state index contributed by atoms with van der Waals surface area (Å²) in [6, 6.07) is 7.98. The Kier molecular flexibility index (Phi) is 6.02. The van der Waals surface area contributed by atoms with Gasteiger partial charge in [-0.15, -0.1) is 0 Å². The zero-order chi connectivity index (χ0) is 15.8. The van der Waals surface area contributed by atoms with Crippen molar-refractivity contribution in [2.45, 2.75) is 37.9 Å². The summed E-state index contributed by atoms with van der Waals surface area (Å²) in [5, 5.41) is 0. The third-order valence-corrected chi connectivity index (χ3v) is 4.45. The van der Waals surface area contributed by atoms with E-state index in [9.17, 15) is 0 Å². The molecular weight excluding hydrogens is 272 g/mol. The SMILES string of the molecule is C=CC(C=C)(OCc1ccc(OC)cc1)C1CCC=CCC1. The van der Waals surface area contributed by atoms with Gasteiger partial charge in [0.15, 0.2) is 0 Å². The fraction of sp³-hybridized carbons (Fsp3) is 0.400. The summed E-state index contributed by atoms with van der Waals surface area (Å²) in [4.78, 5) is 0. The van der Waals surface area contributed by atoms with Gasteiger partial charge in [0.1, 0.15) is 11.4 Å². The monoisotopic (exact) mass is 298 g/mol. The fourth-order valence-electron chi connectivity index (χ4n) is 3.01. The van der Waals surface area contributed by atoms with Crippen molar-refractivity contribution in [3.8, 4) is 5.75 Å². The normalized spacial score (nSPS) is 16.0. The van der Waals surface area contributed by atoms with E-state index < -0.39 is 5.60 Å². The van der Waals surface area contributed by atoms with Gasteiger partial charge in [0, 0.05) is 0 Å². The van der Waals surface area contributed by atoms with Crippen LogP contribution in [0.3, 0.4) is 0 Å². The van der Waals surface area contributed by atoms with Crippen LogP contribution in [0.1, 0.15) is 31.2 Å². The lowest BCUT2D eigenvalue weighted by atomic mass is 9.81. The Labute approximate surface area is 134 Å². The maximum Gasteiger partial charge on any atom is 0.118 e. The van der Waals surface area contributed by atoms with Gasteiger partial charge in [-0.1, -0.05) is 49.6 Å². The minimum Gasteiger partial charge on any atom is -0.497 e. The molecule has 0 atom stereocenters. The van der Waals surface area contributed by atoms with Gasteiger partial charge >= 0.3 is 0 Å². The highest BCUT2D eigenvalue weighted by atomic mass is 16.5. The van der Waals surface area contributed by atoms with Crippen molar-refractivity contribution in [3.63, 3.8) is 0 Å². The lowest BCUT2D eigenvalue weighted by molar-refractivity contribution is -0.0300. The highest BCUT2D eigenvalue weighted by molar-refractivity contribution is 5.27. The zero-order valence-electron chi connectivity index (χ0n) is 13.5. The Morgan fingerprint density at radius 1 is 1.09 bits per heavy atom. The van der Waals surface area contributed by atoms with Crippen LogP contribution in [-0.2, 0) is 11.3 Å². The van der Waals surface area contributed by atoms with E-state index in [1.54, 1.807) is 7.11 Å². The van der Waals surface area contributed by atoms with Gasteiger partial charge in [-0.3, -0.25) is 0 Å². The molecule has 0 unspecified atom stereocenters. The smallest absolute Gasteiger partial charge is 0.118 e. The van der Waals surface area contributed by atoms with Gasteiger partial charge in [-0.05, 0) is 49.3 Å². The molecule has 118 valence electrons. The van der Waals surface area contributed by atoms with Crippen molar-refractivity contribution in [2.75, 3.05) is 7.11 Å². The maximum absolute atomic E-state index is 6.28. The van der Waals surface area contributed by atoms with Gasteiger partial charge in [0.05, 0.1) is 13.7 Å². The first-order valence-electron chi connectivity index (χ1n) is 7.93. The van der Waals surface area contributed by atoms with E-state index in [0.29, 0.717) is 12.5 Å². The Bertz CT molecular complexity index is 495. The van der Waals surface area contributed by atoms with E-state index >= 15 is 0 Å². The molecule has 0 N–H and O–H groups in total. The van der Waals surface area contributed by atoms with E-state index in [2.05, 4.69) is 25.3 Å². The quantitative estimate of drug-likeness (QED) is 0.654. The second kappa shape index (κ2) is 8.00. The number of hydrogen-bond acceptors (Lipinski definition) is 2. The van der Waals surface area contributed by atoms with Crippen LogP contribution < -0.4 is 4.74 Å². The molecule has 2 heteroatoms. The predicted molar refractivity (Wildman–Crippen MR) is 92.0 cm³/mol. The zero-order valence-corrected chi connectivity index (χ0v) is 13.5. The summed E-state index contributed by atoms with van der Waals surface area (Å²) < 4.78 is 11.5. The molecule has 0 heterocycles. The van der Waals surface area contributed by atoms with Gasteiger partial charge in [0.2, 0.25) is 0 Å². The standard InChI is InChI=1S/C20H26O2/c1-4-20(5-2,18-10-8-6-7-9-11-18)22-16-17-12-14-19(21-3)15-13-17/h4-7,12-15,18H,1-2,8-11,16H2,3H3. The molecule has 1 aliphatic carbocycles. The Morgan fingerprint density at radius 3 is 2.18 bits per heavy atom. The molecule has 0 saturated carbocycles. The fourth-order valence-corrected chi connectivity index (χ4v) is 3.01. The molecule has 0 saturated heterocycles. The average Bonchev–Trinajstić information content (AvgIpc) is 2.87. The molecule has 0 aliphatic heterocycles. The average molecular weight is 298 g/mol. The third kappa shape index (κ3) is 3.89. The van der Waals surface area contributed by atoms with Crippen molar-refractivity contribution < 1.29 is 9.47 Å². The molecule has 0 amide bonds. The molecular formula is C20H26O2. The van der Waals surface area contributed by atoms with Crippen LogP contribution in [0.2, 0.25) is 0 Å². The van der Waals surface area contributed by atoms with Crippen molar-refractivity contribution in [1.82, 2.24) is 0 Å². The predicted octanol–water partition coefficient (Wildman–Crippen LogP) is 5.07. The first-order chi connectivity index (χ1) is 10.7. The summed E-state index contributed by atoms with van der Waals surface area (Å²) in [6.07, 6.45) is 12.8. The Balaban J connectivity index is 2.06. The van der Waals surface area contributed by atoms with Crippen molar-refractivity contribution in [3.05, 3.63) is 67.3 Å². The van der Waals surface area contributed by atoms with Gasteiger partial charge in [-0.2, -0.15) is 0 Å². The lowest BCUT2D eigenvalue weighted by Crippen LogP contribution is -2.36. The molecule has 0 bridgehead atoms. The minimum atomic E-state index is -0.452. The van der Waals surface area contributed by atoms with Crippen LogP contribution >= 0.6 is 0 Å². The number of benzene rings is 1. The van der Waals surface area contributed by atoms with E-state index in [1.807, 2.05) is 36.4 Å².